The number of anilines is 1. The minimum absolute atomic E-state index is 0.205. The lowest BCUT2D eigenvalue weighted by Gasteiger charge is -2.30. The predicted octanol–water partition coefficient (Wildman–Crippen LogP) is 5.46. The van der Waals surface area contributed by atoms with E-state index in [0.717, 1.165) is 5.56 Å². The standard InChI is InChI=1S/C20H20ClFN2O3S/c1-20(2,3)27-19(25)23-14-9-11-5-4-6-15(17(11)24-18(14)28)26-16-10-12(22)7-8-13(16)21/h4-8,10,14H,9H2,1-3H3,(H,23,25)(H,24,28). The van der Waals surface area contributed by atoms with Crippen LogP contribution in [0.3, 0.4) is 0 Å². The SMILES string of the molecule is CC(C)(C)OC(=O)NC1Cc2cccc(Oc3cc(F)ccc3Cl)c2NC1=S. The van der Waals surface area contributed by atoms with Crippen LogP contribution in [0.2, 0.25) is 5.02 Å². The molecule has 28 heavy (non-hydrogen) atoms. The van der Waals surface area contributed by atoms with Crippen LogP contribution in [0.4, 0.5) is 14.9 Å². The normalized spacial score (nSPS) is 16.0. The third-order valence-electron chi connectivity index (χ3n) is 3.91. The summed E-state index contributed by atoms with van der Waals surface area (Å²) >= 11 is 11.5. The van der Waals surface area contributed by atoms with Crippen molar-refractivity contribution in [3.8, 4) is 11.5 Å². The number of hydrogen-bond donors (Lipinski definition) is 2. The van der Waals surface area contributed by atoms with Crippen LogP contribution in [0.1, 0.15) is 26.3 Å². The van der Waals surface area contributed by atoms with Crippen LogP contribution in [-0.4, -0.2) is 22.7 Å². The van der Waals surface area contributed by atoms with Gasteiger partial charge in [0, 0.05) is 12.5 Å². The van der Waals surface area contributed by atoms with Crippen LogP contribution in [0.15, 0.2) is 36.4 Å². The molecule has 1 aliphatic heterocycles. The average Bonchev–Trinajstić information content (AvgIpc) is 2.58. The van der Waals surface area contributed by atoms with Crippen molar-refractivity contribution in [2.45, 2.75) is 38.8 Å². The molecule has 1 aliphatic rings. The molecule has 0 aromatic heterocycles. The highest BCUT2D eigenvalue weighted by Crippen LogP contribution is 2.38. The van der Waals surface area contributed by atoms with E-state index in [4.69, 9.17) is 33.3 Å². The van der Waals surface area contributed by atoms with Gasteiger partial charge in [-0.3, -0.25) is 0 Å². The van der Waals surface area contributed by atoms with Crippen LogP contribution >= 0.6 is 23.8 Å². The van der Waals surface area contributed by atoms with Gasteiger partial charge in [0.1, 0.15) is 22.2 Å². The summed E-state index contributed by atoms with van der Waals surface area (Å²) in [5, 5.41) is 6.17. The molecule has 0 spiro atoms. The van der Waals surface area contributed by atoms with Gasteiger partial charge in [-0.25, -0.2) is 9.18 Å². The van der Waals surface area contributed by atoms with Crippen molar-refractivity contribution in [3.05, 3.63) is 52.8 Å². The average molecular weight is 423 g/mol. The van der Waals surface area contributed by atoms with Crippen LogP contribution in [0.25, 0.3) is 0 Å². The van der Waals surface area contributed by atoms with E-state index in [-0.39, 0.29) is 5.75 Å². The minimum atomic E-state index is -0.600. The van der Waals surface area contributed by atoms with Gasteiger partial charge in [0.25, 0.3) is 0 Å². The lowest BCUT2D eigenvalue weighted by Crippen LogP contribution is -2.48. The number of thiocarbonyl (C=S) groups is 1. The Morgan fingerprint density at radius 3 is 2.75 bits per heavy atom. The van der Waals surface area contributed by atoms with Gasteiger partial charge in [-0.2, -0.15) is 0 Å². The first kappa shape index (κ1) is 20.4. The molecule has 2 N–H and O–H groups in total. The maximum Gasteiger partial charge on any atom is 0.408 e. The molecule has 1 amide bonds. The van der Waals surface area contributed by atoms with Gasteiger partial charge < -0.3 is 20.1 Å². The van der Waals surface area contributed by atoms with Crippen molar-refractivity contribution in [1.29, 1.82) is 0 Å². The molecule has 0 radical (unpaired) electrons. The summed E-state index contributed by atoms with van der Waals surface area (Å²) in [7, 11) is 0. The number of benzene rings is 2. The number of carbonyl (C=O) groups excluding carboxylic acids is 1. The minimum Gasteiger partial charge on any atom is -0.453 e. The van der Waals surface area contributed by atoms with Gasteiger partial charge >= 0.3 is 6.09 Å². The van der Waals surface area contributed by atoms with E-state index in [1.165, 1.54) is 18.2 Å². The van der Waals surface area contributed by atoms with Gasteiger partial charge in [-0.1, -0.05) is 36.0 Å². The second kappa shape index (κ2) is 7.93. The Kier molecular flexibility index (Phi) is 5.76. The van der Waals surface area contributed by atoms with Gasteiger partial charge in [0.2, 0.25) is 0 Å². The molecule has 2 aromatic carbocycles. The number of fused-ring (bicyclic) bond motifs is 1. The lowest BCUT2D eigenvalue weighted by molar-refractivity contribution is 0.0518. The Bertz CT molecular complexity index is 930. The molecule has 5 nitrogen and oxygen atoms in total. The summed E-state index contributed by atoms with van der Waals surface area (Å²) in [5.41, 5.74) is 0.950. The van der Waals surface area contributed by atoms with Crippen molar-refractivity contribution in [2.75, 3.05) is 5.32 Å². The van der Waals surface area contributed by atoms with E-state index in [1.807, 2.05) is 12.1 Å². The third-order valence-corrected chi connectivity index (χ3v) is 4.60. The highest BCUT2D eigenvalue weighted by molar-refractivity contribution is 7.80. The van der Waals surface area contributed by atoms with Crippen molar-refractivity contribution < 1.29 is 18.7 Å². The highest BCUT2D eigenvalue weighted by Gasteiger charge is 2.28. The second-order valence-electron chi connectivity index (χ2n) is 7.36. The monoisotopic (exact) mass is 422 g/mol. The number of carbonyl (C=O) groups is 1. The molecule has 148 valence electrons. The van der Waals surface area contributed by atoms with Gasteiger partial charge in [-0.05, 0) is 44.5 Å². The molecule has 0 aliphatic carbocycles. The van der Waals surface area contributed by atoms with Crippen molar-refractivity contribution in [3.63, 3.8) is 0 Å². The fraction of sp³-hybridized carbons (Fsp3) is 0.300. The molecule has 1 unspecified atom stereocenters. The zero-order valence-electron chi connectivity index (χ0n) is 15.6. The number of amides is 1. The smallest absolute Gasteiger partial charge is 0.408 e. The van der Waals surface area contributed by atoms with Crippen LogP contribution in [-0.2, 0) is 11.2 Å². The number of halogens is 2. The Labute approximate surface area is 173 Å². The maximum absolute atomic E-state index is 13.5. The third kappa shape index (κ3) is 4.91. The number of hydrogen-bond acceptors (Lipinski definition) is 4. The number of rotatable bonds is 3. The van der Waals surface area contributed by atoms with Crippen molar-refractivity contribution >= 4 is 40.6 Å². The zero-order chi connectivity index (χ0) is 20.5. The zero-order valence-corrected chi connectivity index (χ0v) is 17.2. The molecular weight excluding hydrogens is 403 g/mol. The van der Waals surface area contributed by atoms with Crippen LogP contribution in [0.5, 0.6) is 11.5 Å². The summed E-state index contributed by atoms with van der Waals surface area (Å²) in [6, 6.07) is 8.93. The van der Waals surface area contributed by atoms with E-state index in [9.17, 15) is 9.18 Å². The molecule has 3 rings (SSSR count). The molecule has 2 aromatic rings. The summed E-state index contributed by atoms with van der Waals surface area (Å²) in [6.45, 7) is 5.38. The molecule has 8 heteroatoms. The number of ether oxygens (including phenoxy) is 2. The highest BCUT2D eigenvalue weighted by atomic mass is 35.5. The number of nitrogens with one attached hydrogen (secondary N) is 2. The topological polar surface area (TPSA) is 59.6 Å². The Morgan fingerprint density at radius 1 is 1.29 bits per heavy atom. The van der Waals surface area contributed by atoms with Crippen molar-refractivity contribution in [2.24, 2.45) is 0 Å². The van der Waals surface area contributed by atoms with Gasteiger partial charge in [0.15, 0.2) is 5.75 Å². The fourth-order valence-corrected chi connectivity index (χ4v) is 3.14. The summed E-state index contributed by atoms with van der Waals surface area (Å²) in [6.07, 6.45) is -0.0712. The van der Waals surface area contributed by atoms with E-state index >= 15 is 0 Å². The number of para-hydroxylation sites is 1. The molecule has 0 saturated carbocycles. The fourth-order valence-electron chi connectivity index (χ4n) is 2.74. The van der Waals surface area contributed by atoms with Crippen LogP contribution < -0.4 is 15.4 Å². The number of alkyl carbamates (subject to hydrolysis) is 1. The van der Waals surface area contributed by atoms with Gasteiger partial charge in [-0.15, -0.1) is 0 Å². The van der Waals surface area contributed by atoms with E-state index < -0.39 is 23.6 Å². The molecule has 0 fully saturated rings. The lowest BCUT2D eigenvalue weighted by atomic mass is 9.99. The molecule has 0 saturated heterocycles. The molecular formula is C20H20ClFN2O3S. The van der Waals surface area contributed by atoms with E-state index in [1.54, 1.807) is 26.8 Å². The van der Waals surface area contributed by atoms with Gasteiger partial charge in [0.05, 0.1) is 16.8 Å². The van der Waals surface area contributed by atoms with Crippen molar-refractivity contribution in [1.82, 2.24) is 5.32 Å². The van der Waals surface area contributed by atoms with E-state index in [0.29, 0.717) is 27.9 Å². The first-order valence-electron chi connectivity index (χ1n) is 8.67. The second-order valence-corrected chi connectivity index (χ2v) is 8.21. The largest absolute Gasteiger partial charge is 0.453 e. The molecule has 1 atom stereocenters. The molecule has 1 heterocycles. The molecule has 0 bridgehead atoms. The maximum atomic E-state index is 13.5. The van der Waals surface area contributed by atoms with E-state index in [2.05, 4.69) is 10.6 Å². The Hall–Kier alpha value is -2.38. The summed E-state index contributed by atoms with van der Waals surface area (Å²) in [5.74, 6) is 0.217. The first-order chi connectivity index (χ1) is 13.1. The summed E-state index contributed by atoms with van der Waals surface area (Å²) in [4.78, 5) is 12.5. The Balaban J connectivity index is 1.80. The Morgan fingerprint density at radius 2 is 2.04 bits per heavy atom. The summed E-state index contributed by atoms with van der Waals surface area (Å²) < 4.78 is 24.6. The predicted molar refractivity (Wildman–Crippen MR) is 111 cm³/mol. The van der Waals surface area contributed by atoms with Crippen LogP contribution in [0, 0.1) is 5.82 Å². The first-order valence-corrected chi connectivity index (χ1v) is 9.46. The quantitative estimate of drug-likeness (QED) is 0.643.